The first-order chi connectivity index (χ1) is 16.1. The molecule has 0 spiro atoms. The molecule has 1 aromatic rings. The summed E-state index contributed by atoms with van der Waals surface area (Å²) in [6.07, 6.45) is 4.20. The van der Waals surface area contributed by atoms with Crippen molar-refractivity contribution in [1.82, 2.24) is 0 Å². The minimum atomic E-state index is -0.816. The first kappa shape index (κ1) is 24.6. The number of carbonyl (C=O) groups is 4. The van der Waals surface area contributed by atoms with E-state index in [1.165, 1.54) is 14.0 Å². The van der Waals surface area contributed by atoms with Gasteiger partial charge in [0.2, 0.25) is 0 Å². The van der Waals surface area contributed by atoms with Crippen LogP contribution in [0.3, 0.4) is 0 Å². The van der Waals surface area contributed by atoms with Crippen molar-refractivity contribution < 1.29 is 38.5 Å². The monoisotopic (exact) mass is 494 g/mol. The molecule has 186 valence electrons. The van der Waals surface area contributed by atoms with E-state index in [-0.39, 0.29) is 28.7 Å². The second-order valence-corrected chi connectivity index (χ2v) is 10.9. The van der Waals surface area contributed by atoms with Gasteiger partial charge in [0.25, 0.3) is 11.8 Å². The Hall–Kier alpha value is -2.50. The third kappa shape index (κ3) is 4.69. The van der Waals surface area contributed by atoms with Crippen molar-refractivity contribution in [3.8, 4) is 0 Å². The molecule has 0 aromatic carbocycles. The maximum Gasteiger partial charge on any atom is 0.341 e. The number of aliphatic hydroxyl groups is 1. The zero-order chi connectivity index (χ0) is 24.7. The predicted octanol–water partition coefficient (Wildman–Crippen LogP) is 1.77. The fourth-order valence-electron chi connectivity index (χ4n) is 6.27. The number of esters is 2. The lowest BCUT2D eigenvalue weighted by Gasteiger charge is -2.58. The highest BCUT2D eigenvalue weighted by atomic mass is 32.1. The van der Waals surface area contributed by atoms with Crippen molar-refractivity contribution in [2.45, 2.75) is 51.0 Å². The number of anilines is 1. The average Bonchev–Trinajstić information content (AvgIpc) is 3.06. The summed E-state index contributed by atoms with van der Waals surface area (Å²) in [6.45, 7) is 1.18. The molecular formula is C23H30N2O8S. The number of nitrogens with two attached hydrogens (primary N) is 1. The molecule has 4 aliphatic carbocycles. The van der Waals surface area contributed by atoms with E-state index in [2.05, 4.69) is 5.32 Å². The third-order valence-electron chi connectivity index (χ3n) is 7.15. The van der Waals surface area contributed by atoms with Gasteiger partial charge in [-0.2, -0.15) is 0 Å². The van der Waals surface area contributed by atoms with E-state index in [9.17, 15) is 24.3 Å². The van der Waals surface area contributed by atoms with Gasteiger partial charge in [-0.1, -0.05) is 0 Å². The number of hydrogen-bond donors (Lipinski definition) is 3. The summed E-state index contributed by atoms with van der Waals surface area (Å²) >= 11 is 0.859. The topological polar surface area (TPSA) is 154 Å². The van der Waals surface area contributed by atoms with Crippen molar-refractivity contribution in [2.24, 2.45) is 23.0 Å². The summed E-state index contributed by atoms with van der Waals surface area (Å²) in [5.41, 5.74) is 4.17. The predicted molar refractivity (Wildman–Crippen MR) is 121 cm³/mol. The van der Waals surface area contributed by atoms with Crippen LogP contribution in [0.5, 0.6) is 0 Å². The molecule has 5 rings (SSSR count). The number of nitrogens with one attached hydrogen (secondary N) is 1. The SMILES string of the molecule is COCCOC(=O)c1c(NC(=O)COC(=O)C23C[C@@H]4C[C@H](CC(O)(C4)C2)C3)sc(C(N)=O)c1C. The van der Waals surface area contributed by atoms with Gasteiger partial charge in [0.15, 0.2) is 6.61 Å². The van der Waals surface area contributed by atoms with Gasteiger partial charge < -0.3 is 30.4 Å². The molecule has 4 saturated carbocycles. The highest BCUT2D eigenvalue weighted by molar-refractivity contribution is 7.18. The number of amides is 2. The minimum Gasteiger partial charge on any atom is -0.460 e. The molecule has 4 bridgehead atoms. The Morgan fingerprint density at radius 2 is 1.79 bits per heavy atom. The second kappa shape index (κ2) is 9.27. The largest absolute Gasteiger partial charge is 0.460 e. The Morgan fingerprint density at radius 3 is 2.38 bits per heavy atom. The van der Waals surface area contributed by atoms with Gasteiger partial charge in [-0.05, 0) is 62.8 Å². The average molecular weight is 495 g/mol. The lowest BCUT2D eigenvalue weighted by molar-refractivity contribution is -0.196. The normalized spacial score (nSPS) is 29.0. The van der Waals surface area contributed by atoms with Crippen LogP contribution in [0.25, 0.3) is 0 Å². The molecule has 2 atom stereocenters. The van der Waals surface area contributed by atoms with Crippen LogP contribution >= 0.6 is 11.3 Å². The van der Waals surface area contributed by atoms with E-state index in [4.69, 9.17) is 19.9 Å². The molecule has 11 heteroatoms. The number of primary amides is 1. The number of hydrogen-bond acceptors (Lipinski definition) is 9. The second-order valence-electron chi connectivity index (χ2n) is 9.84. The van der Waals surface area contributed by atoms with Gasteiger partial charge in [0.05, 0.1) is 28.1 Å². The van der Waals surface area contributed by atoms with Gasteiger partial charge in [-0.25, -0.2) is 4.79 Å². The molecule has 4 N–H and O–H groups in total. The van der Waals surface area contributed by atoms with E-state index < -0.39 is 41.4 Å². The van der Waals surface area contributed by atoms with E-state index in [1.807, 2.05) is 0 Å². The lowest BCUT2D eigenvalue weighted by Crippen LogP contribution is -2.58. The Labute approximate surface area is 201 Å². The standard InChI is InChI=1S/C23H30N2O8S/c1-12-16(20(28)32-4-3-31-2)19(34-17(12)18(24)27)25-15(26)10-33-21(29)22-6-13-5-14(7-22)9-23(30,8-13)11-22/h13-14,30H,3-11H2,1-2H3,(H2,24,27)(H,25,26)/t13-,14-,22?,23?/m0/s1. The van der Waals surface area contributed by atoms with Crippen LogP contribution in [0.1, 0.15) is 64.1 Å². The van der Waals surface area contributed by atoms with Crippen LogP contribution in [0.15, 0.2) is 0 Å². The van der Waals surface area contributed by atoms with Crippen LogP contribution in [-0.4, -0.2) is 61.4 Å². The molecule has 4 aliphatic rings. The number of ether oxygens (including phenoxy) is 3. The van der Waals surface area contributed by atoms with Gasteiger partial charge in [-0.3, -0.25) is 14.4 Å². The summed E-state index contributed by atoms with van der Waals surface area (Å²) in [4.78, 5) is 50.1. The molecule has 1 heterocycles. The summed E-state index contributed by atoms with van der Waals surface area (Å²) in [5.74, 6) is -1.97. The molecule has 10 nitrogen and oxygen atoms in total. The summed E-state index contributed by atoms with van der Waals surface area (Å²) in [6, 6.07) is 0. The van der Waals surface area contributed by atoms with E-state index in [0.717, 1.165) is 30.6 Å². The summed E-state index contributed by atoms with van der Waals surface area (Å²) < 4.78 is 15.4. The zero-order valence-corrected chi connectivity index (χ0v) is 20.1. The molecule has 4 fully saturated rings. The first-order valence-corrected chi connectivity index (χ1v) is 12.2. The van der Waals surface area contributed by atoms with Crippen molar-refractivity contribution in [1.29, 1.82) is 0 Å². The van der Waals surface area contributed by atoms with Crippen LogP contribution in [0.4, 0.5) is 5.00 Å². The Morgan fingerprint density at radius 1 is 1.12 bits per heavy atom. The Kier molecular flexibility index (Phi) is 6.71. The van der Waals surface area contributed by atoms with Crippen LogP contribution in [-0.2, 0) is 23.8 Å². The highest BCUT2D eigenvalue weighted by Gasteiger charge is 2.60. The van der Waals surface area contributed by atoms with Crippen molar-refractivity contribution in [3.05, 3.63) is 16.0 Å². The number of thiophene rings is 1. The fraction of sp³-hybridized carbons (Fsp3) is 0.652. The summed E-state index contributed by atoms with van der Waals surface area (Å²) in [7, 11) is 1.46. The van der Waals surface area contributed by atoms with E-state index >= 15 is 0 Å². The number of carbonyl (C=O) groups excluding carboxylic acids is 4. The molecule has 0 saturated heterocycles. The number of methoxy groups -OCH3 is 1. The van der Waals surface area contributed by atoms with E-state index in [1.54, 1.807) is 0 Å². The highest BCUT2D eigenvalue weighted by Crippen LogP contribution is 2.62. The first-order valence-electron chi connectivity index (χ1n) is 11.3. The summed E-state index contributed by atoms with van der Waals surface area (Å²) in [5, 5.41) is 13.5. The smallest absolute Gasteiger partial charge is 0.341 e. The van der Waals surface area contributed by atoms with Crippen molar-refractivity contribution in [3.63, 3.8) is 0 Å². The Balaban J connectivity index is 1.42. The number of rotatable bonds is 9. The van der Waals surface area contributed by atoms with Gasteiger partial charge in [0, 0.05) is 7.11 Å². The van der Waals surface area contributed by atoms with Crippen LogP contribution in [0, 0.1) is 24.2 Å². The molecule has 0 unspecified atom stereocenters. The van der Waals surface area contributed by atoms with Gasteiger partial charge in [0.1, 0.15) is 11.6 Å². The van der Waals surface area contributed by atoms with Gasteiger partial charge in [-0.15, -0.1) is 11.3 Å². The molecule has 0 radical (unpaired) electrons. The third-order valence-corrected chi connectivity index (χ3v) is 8.37. The van der Waals surface area contributed by atoms with E-state index in [0.29, 0.717) is 36.7 Å². The van der Waals surface area contributed by atoms with Crippen LogP contribution < -0.4 is 11.1 Å². The molecule has 34 heavy (non-hydrogen) atoms. The molecule has 1 aromatic heterocycles. The zero-order valence-electron chi connectivity index (χ0n) is 19.3. The quantitative estimate of drug-likeness (QED) is 0.347. The van der Waals surface area contributed by atoms with Crippen molar-refractivity contribution >= 4 is 40.1 Å². The fourth-order valence-corrected chi connectivity index (χ4v) is 7.34. The van der Waals surface area contributed by atoms with Crippen LogP contribution in [0.2, 0.25) is 0 Å². The van der Waals surface area contributed by atoms with Crippen molar-refractivity contribution in [2.75, 3.05) is 32.2 Å². The van der Waals surface area contributed by atoms with Gasteiger partial charge >= 0.3 is 11.9 Å². The lowest BCUT2D eigenvalue weighted by atomic mass is 9.48. The Bertz CT molecular complexity index is 1000. The maximum absolute atomic E-state index is 13.0. The molecule has 0 aliphatic heterocycles. The minimum absolute atomic E-state index is 0.00204. The molecular weight excluding hydrogens is 464 g/mol. The maximum atomic E-state index is 13.0. The molecule has 2 amide bonds.